The SMILES string of the molecule is COc1ccc(F)cc1Cn1nc(-c2cccs2)c2ccccc2c1=O. The quantitative estimate of drug-likeness (QED) is 0.540. The third-order valence-corrected chi connectivity index (χ3v) is 5.06. The summed E-state index contributed by atoms with van der Waals surface area (Å²) in [6, 6.07) is 15.6. The average Bonchev–Trinajstić information content (AvgIpc) is 3.19. The Bertz CT molecular complexity index is 1140. The van der Waals surface area contributed by atoms with Gasteiger partial charge in [-0.05, 0) is 35.7 Å². The van der Waals surface area contributed by atoms with Gasteiger partial charge in [-0.3, -0.25) is 4.79 Å². The number of ether oxygens (including phenoxy) is 1. The molecule has 0 aliphatic rings. The van der Waals surface area contributed by atoms with Crippen LogP contribution in [-0.2, 0) is 6.54 Å². The third kappa shape index (κ3) is 2.88. The standard InChI is InChI=1S/C20H15FN2O2S/c1-25-17-9-8-14(21)11-13(17)12-23-20(24)16-6-3-2-5-15(16)19(22-23)18-7-4-10-26-18/h2-11H,12H2,1H3. The van der Waals surface area contributed by atoms with Gasteiger partial charge in [0.05, 0.1) is 23.9 Å². The molecule has 26 heavy (non-hydrogen) atoms. The molecule has 6 heteroatoms. The Balaban J connectivity index is 1.93. The number of fused-ring (bicyclic) bond motifs is 1. The summed E-state index contributed by atoms with van der Waals surface area (Å²) in [4.78, 5) is 13.9. The number of nitrogens with zero attached hydrogens (tertiary/aromatic N) is 2. The van der Waals surface area contributed by atoms with Gasteiger partial charge in [-0.25, -0.2) is 9.07 Å². The van der Waals surface area contributed by atoms with Crippen molar-refractivity contribution in [1.29, 1.82) is 0 Å². The van der Waals surface area contributed by atoms with E-state index in [2.05, 4.69) is 5.10 Å². The maximum Gasteiger partial charge on any atom is 0.274 e. The van der Waals surface area contributed by atoms with Crippen LogP contribution in [0.1, 0.15) is 5.56 Å². The van der Waals surface area contributed by atoms with E-state index in [-0.39, 0.29) is 17.9 Å². The van der Waals surface area contributed by atoms with Crippen LogP contribution in [-0.4, -0.2) is 16.9 Å². The maximum atomic E-state index is 13.7. The van der Waals surface area contributed by atoms with Crippen molar-refractivity contribution in [2.24, 2.45) is 0 Å². The molecule has 0 fully saturated rings. The van der Waals surface area contributed by atoms with E-state index in [0.717, 1.165) is 16.0 Å². The van der Waals surface area contributed by atoms with E-state index >= 15 is 0 Å². The van der Waals surface area contributed by atoms with Crippen molar-refractivity contribution in [2.75, 3.05) is 7.11 Å². The number of hydrogen-bond donors (Lipinski definition) is 0. The smallest absolute Gasteiger partial charge is 0.274 e. The van der Waals surface area contributed by atoms with Crippen LogP contribution in [0, 0.1) is 5.82 Å². The lowest BCUT2D eigenvalue weighted by molar-refractivity contribution is 0.405. The predicted molar refractivity (Wildman–Crippen MR) is 101 cm³/mol. The number of benzene rings is 2. The van der Waals surface area contributed by atoms with Gasteiger partial charge in [0.25, 0.3) is 5.56 Å². The van der Waals surface area contributed by atoms with Gasteiger partial charge in [-0.15, -0.1) is 11.3 Å². The van der Waals surface area contributed by atoms with E-state index in [4.69, 9.17) is 4.74 Å². The number of rotatable bonds is 4. The Kier molecular flexibility index (Phi) is 4.26. The van der Waals surface area contributed by atoms with Crippen molar-refractivity contribution in [3.63, 3.8) is 0 Å². The second-order valence-corrected chi connectivity index (χ2v) is 6.74. The zero-order valence-corrected chi connectivity index (χ0v) is 14.8. The molecule has 0 amide bonds. The van der Waals surface area contributed by atoms with Gasteiger partial charge in [-0.2, -0.15) is 5.10 Å². The third-order valence-electron chi connectivity index (χ3n) is 4.18. The van der Waals surface area contributed by atoms with Crippen molar-refractivity contribution in [2.45, 2.75) is 6.54 Å². The molecule has 130 valence electrons. The lowest BCUT2D eigenvalue weighted by Gasteiger charge is -2.12. The van der Waals surface area contributed by atoms with Gasteiger partial charge in [0, 0.05) is 10.9 Å². The van der Waals surface area contributed by atoms with Crippen molar-refractivity contribution < 1.29 is 9.13 Å². The fraction of sp³-hybridized carbons (Fsp3) is 0.100. The molecule has 4 nitrogen and oxygen atoms in total. The van der Waals surface area contributed by atoms with Crippen LogP contribution in [0.25, 0.3) is 21.3 Å². The summed E-state index contributed by atoms with van der Waals surface area (Å²) in [6.45, 7) is 0.128. The second kappa shape index (κ2) is 6.72. The normalized spacial score (nSPS) is 11.0. The van der Waals surface area contributed by atoms with E-state index in [0.29, 0.717) is 16.7 Å². The van der Waals surface area contributed by atoms with Crippen LogP contribution in [0.5, 0.6) is 5.75 Å². The molecule has 0 saturated carbocycles. The molecule has 2 aromatic carbocycles. The highest BCUT2D eigenvalue weighted by molar-refractivity contribution is 7.13. The second-order valence-electron chi connectivity index (χ2n) is 5.79. The average molecular weight is 366 g/mol. The Labute approximate surface area is 153 Å². The molecule has 0 aliphatic heterocycles. The fourth-order valence-corrected chi connectivity index (χ4v) is 3.69. The van der Waals surface area contributed by atoms with E-state index in [9.17, 15) is 9.18 Å². The number of aromatic nitrogens is 2. The molecule has 4 aromatic rings. The molecular formula is C20H15FN2O2S. The summed E-state index contributed by atoms with van der Waals surface area (Å²) in [5.41, 5.74) is 1.09. The first-order chi connectivity index (χ1) is 12.7. The Hall–Kier alpha value is -2.99. The first-order valence-corrected chi connectivity index (χ1v) is 8.91. The number of methoxy groups -OCH3 is 1. The Morgan fingerprint density at radius 2 is 1.92 bits per heavy atom. The molecular weight excluding hydrogens is 351 g/mol. The van der Waals surface area contributed by atoms with Crippen LogP contribution in [0.3, 0.4) is 0 Å². The fourth-order valence-electron chi connectivity index (χ4n) is 2.97. The molecule has 0 spiro atoms. The molecule has 0 unspecified atom stereocenters. The minimum atomic E-state index is -0.381. The highest BCUT2D eigenvalue weighted by Gasteiger charge is 2.14. The molecule has 0 bridgehead atoms. The topological polar surface area (TPSA) is 44.1 Å². The molecule has 2 aromatic heterocycles. The van der Waals surface area contributed by atoms with Crippen LogP contribution in [0.4, 0.5) is 4.39 Å². The van der Waals surface area contributed by atoms with Gasteiger partial charge in [0.15, 0.2) is 0 Å². The molecule has 0 atom stereocenters. The first kappa shape index (κ1) is 16.5. The first-order valence-electron chi connectivity index (χ1n) is 8.03. The van der Waals surface area contributed by atoms with Crippen molar-refractivity contribution in [3.05, 3.63) is 81.7 Å². The van der Waals surface area contributed by atoms with Crippen LogP contribution in [0.2, 0.25) is 0 Å². The zero-order chi connectivity index (χ0) is 18.1. The monoisotopic (exact) mass is 366 g/mol. The largest absolute Gasteiger partial charge is 0.496 e. The van der Waals surface area contributed by atoms with Crippen molar-refractivity contribution >= 4 is 22.1 Å². The Morgan fingerprint density at radius 1 is 1.12 bits per heavy atom. The van der Waals surface area contributed by atoms with Gasteiger partial charge in [-0.1, -0.05) is 24.3 Å². The summed E-state index contributed by atoms with van der Waals surface area (Å²) in [6.07, 6.45) is 0. The molecule has 0 N–H and O–H groups in total. The van der Waals surface area contributed by atoms with E-state index in [1.165, 1.54) is 23.9 Å². The van der Waals surface area contributed by atoms with E-state index < -0.39 is 0 Å². The lowest BCUT2D eigenvalue weighted by atomic mass is 10.1. The predicted octanol–water partition coefficient (Wildman–Crippen LogP) is 4.32. The van der Waals surface area contributed by atoms with E-state index in [1.54, 1.807) is 23.5 Å². The molecule has 0 saturated heterocycles. The summed E-state index contributed by atoms with van der Waals surface area (Å²) in [7, 11) is 1.52. The van der Waals surface area contributed by atoms with Crippen LogP contribution in [0.15, 0.2) is 64.8 Å². The minimum absolute atomic E-state index is 0.128. The lowest BCUT2D eigenvalue weighted by Crippen LogP contribution is -2.24. The summed E-state index contributed by atoms with van der Waals surface area (Å²) in [5, 5.41) is 7.94. The van der Waals surface area contributed by atoms with E-state index in [1.807, 2.05) is 35.7 Å². The van der Waals surface area contributed by atoms with Crippen LogP contribution < -0.4 is 10.3 Å². The highest BCUT2D eigenvalue weighted by Crippen LogP contribution is 2.28. The van der Waals surface area contributed by atoms with Gasteiger partial charge in [0.2, 0.25) is 0 Å². The molecule has 2 heterocycles. The van der Waals surface area contributed by atoms with Crippen molar-refractivity contribution in [1.82, 2.24) is 9.78 Å². The minimum Gasteiger partial charge on any atom is -0.496 e. The summed E-state index contributed by atoms with van der Waals surface area (Å²) in [5.74, 6) is 0.138. The molecule has 4 rings (SSSR count). The van der Waals surface area contributed by atoms with Gasteiger partial charge in [0.1, 0.15) is 17.3 Å². The van der Waals surface area contributed by atoms with Crippen LogP contribution >= 0.6 is 11.3 Å². The number of halogens is 1. The van der Waals surface area contributed by atoms with Gasteiger partial charge >= 0.3 is 0 Å². The van der Waals surface area contributed by atoms with Crippen molar-refractivity contribution in [3.8, 4) is 16.3 Å². The Morgan fingerprint density at radius 3 is 2.65 bits per heavy atom. The summed E-state index contributed by atoms with van der Waals surface area (Å²) >= 11 is 1.56. The molecule has 0 aliphatic carbocycles. The summed E-state index contributed by atoms with van der Waals surface area (Å²) < 4.78 is 20.3. The zero-order valence-electron chi connectivity index (χ0n) is 14.0. The number of thiophene rings is 1. The molecule has 0 radical (unpaired) electrons. The van der Waals surface area contributed by atoms with Gasteiger partial charge < -0.3 is 4.74 Å². The maximum absolute atomic E-state index is 13.7. The highest BCUT2D eigenvalue weighted by atomic mass is 32.1. The number of hydrogen-bond acceptors (Lipinski definition) is 4.